The van der Waals surface area contributed by atoms with E-state index in [1.54, 1.807) is 0 Å². The van der Waals surface area contributed by atoms with Crippen molar-refractivity contribution < 1.29 is 19.3 Å². The van der Waals surface area contributed by atoms with Crippen molar-refractivity contribution in [3.63, 3.8) is 0 Å². The van der Waals surface area contributed by atoms with Gasteiger partial charge in [-0.3, -0.25) is 9.80 Å². The molecule has 0 saturated carbocycles. The zero-order valence-electron chi connectivity index (χ0n) is 15.3. The minimum atomic E-state index is 0. The Hall–Kier alpha value is -0.380. The summed E-state index contributed by atoms with van der Waals surface area (Å²) in [6.45, 7) is 10.7. The van der Waals surface area contributed by atoms with Gasteiger partial charge in [0, 0.05) is 50.4 Å². The van der Waals surface area contributed by atoms with Crippen molar-refractivity contribution in [2.75, 3.05) is 59.2 Å². The van der Waals surface area contributed by atoms with E-state index in [-0.39, 0.29) is 34.0 Å². The first-order chi connectivity index (χ1) is 11.8. The van der Waals surface area contributed by atoms with Crippen LogP contribution >= 0.6 is 34.0 Å². The van der Waals surface area contributed by atoms with Crippen LogP contribution in [0.15, 0.2) is 12.1 Å². The molecule has 1 aromatic rings. The number of phenolic OH excluding ortho intramolecular Hbond substituents is 1. The lowest BCUT2D eigenvalue weighted by molar-refractivity contribution is 0.0327. The van der Waals surface area contributed by atoms with Crippen molar-refractivity contribution in [2.45, 2.75) is 20.0 Å². The Morgan fingerprint density at radius 2 is 1.31 bits per heavy atom. The molecule has 0 spiro atoms. The lowest BCUT2D eigenvalue weighted by Crippen LogP contribution is -2.36. The van der Waals surface area contributed by atoms with Crippen LogP contribution in [0.4, 0.5) is 0 Å². The van der Waals surface area contributed by atoms with Crippen LogP contribution in [0.25, 0.3) is 0 Å². The highest BCUT2D eigenvalue weighted by Crippen LogP contribution is 2.31. The minimum Gasteiger partial charge on any atom is -0.507 e. The normalized spacial score (nSPS) is 18.7. The number of phenols is 1. The van der Waals surface area contributed by atoms with Crippen molar-refractivity contribution in [3.8, 4) is 11.5 Å². The number of hydrogen-bond donors (Lipinski definition) is 1. The van der Waals surface area contributed by atoms with E-state index >= 15 is 0 Å². The third-order valence-corrected chi connectivity index (χ3v) is 4.55. The Bertz CT molecular complexity index is 495. The second-order valence-corrected chi connectivity index (χ2v) is 6.30. The molecule has 8 heteroatoms. The van der Waals surface area contributed by atoms with Crippen LogP contribution in [0.1, 0.15) is 18.1 Å². The maximum Gasteiger partial charge on any atom is 0.124 e. The number of aromatic hydroxyl groups is 1. The van der Waals surface area contributed by atoms with Crippen LogP contribution in [0.3, 0.4) is 0 Å². The predicted octanol–water partition coefficient (Wildman–Crippen LogP) is 2.61. The number of nitrogens with zero attached hydrogens (tertiary/aromatic N) is 2. The summed E-state index contributed by atoms with van der Waals surface area (Å²) in [5.41, 5.74) is 1.87. The van der Waals surface area contributed by atoms with Crippen LogP contribution < -0.4 is 4.74 Å². The van der Waals surface area contributed by atoms with Gasteiger partial charge in [0.2, 0.25) is 0 Å². The standard InChI is InChI=1S/C18H28N2O4.2BrH/c1-2-24-17-11-15(13-19-3-7-22-8-4-19)18(21)16(12-17)14-20-5-9-23-10-6-20;;/h11-12,21H,2-10,13-14H2,1H3;2*1H. The summed E-state index contributed by atoms with van der Waals surface area (Å²) in [4.78, 5) is 4.62. The highest BCUT2D eigenvalue weighted by molar-refractivity contribution is 8.93. The summed E-state index contributed by atoms with van der Waals surface area (Å²) < 4.78 is 16.5. The maximum absolute atomic E-state index is 10.8. The van der Waals surface area contributed by atoms with E-state index in [0.717, 1.165) is 82.6 Å². The van der Waals surface area contributed by atoms with Gasteiger partial charge in [-0.05, 0) is 19.1 Å². The summed E-state index contributed by atoms with van der Waals surface area (Å²) in [5, 5.41) is 10.8. The average Bonchev–Trinajstić information content (AvgIpc) is 2.61. The third kappa shape index (κ3) is 6.65. The van der Waals surface area contributed by atoms with Gasteiger partial charge >= 0.3 is 0 Å². The monoisotopic (exact) mass is 496 g/mol. The fourth-order valence-electron chi connectivity index (χ4n) is 3.22. The first-order valence-corrected chi connectivity index (χ1v) is 8.84. The van der Waals surface area contributed by atoms with Gasteiger partial charge in [-0.15, -0.1) is 34.0 Å². The van der Waals surface area contributed by atoms with Crippen LogP contribution in [0, 0.1) is 0 Å². The van der Waals surface area contributed by atoms with Gasteiger partial charge in [-0.2, -0.15) is 0 Å². The van der Waals surface area contributed by atoms with Crippen LogP contribution in [0.2, 0.25) is 0 Å². The molecule has 3 rings (SSSR count). The van der Waals surface area contributed by atoms with E-state index in [9.17, 15) is 5.11 Å². The molecular formula is C18H30Br2N2O4. The Morgan fingerprint density at radius 1 is 0.885 bits per heavy atom. The zero-order valence-corrected chi connectivity index (χ0v) is 18.7. The molecular weight excluding hydrogens is 468 g/mol. The highest BCUT2D eigenvalue weighted by Gasteiger charge is 2.19. The molecule has 2 saturated heterocycles. The highest BCUT2D eigenvalue weighted by atomic mass is 79.9. The van der Waals surface area contributed by atoms with Gasteiger partial charge in [-0.1, -0.05) is 0 Å². The molecule has 0 unspecified atom stereocenters. The van der Waals surface area contributed by atoms with E-state index in [1.807, 2.05) is 19.1 Å². The number of benzene rings is 1. The van der Waals surface area contributed by atoms with E-state index in [1.165, 1.54) is 0 Å². The Labute approximate surface area is 176 Å². The van der Waals surface area contributed by atoms with Crippen LogP contribution in [0.5, 0.6) is 11.5 Å². The Balaban J connectivity index is 0.00000169. The summed E-state index contributed by atoms with van der Waals surface area (Å²) in [7, 11) is 0. The Kier molecular flexibility index (Phi) is 11.1. The summed E-state index contributed by atoms with van der Waals surface area (Å²) >= 11 is 0. The molecule has 1 aromatic carbocycles. The molecule has 150 valence electrons. The van der Waals surface area contributed by atoms with Crippen molar-refractivity contribution in [1.29, 1.82) is 0 Å². The van der Waals surface area contributed by atoms with E-state index in [4.69, 9.17) is 14.2 Å². The van der Waals surface area contributed by atoms with Crippen molar-refractivity contribution in [3.05, 3.63) is 23.3 Å². The van der Waals surface area contributed by atoms with Crippen molar-refractivity contribution >= 4 is 34.0 Å². The molecule has 0 bridgehead atoms. The van der Waals surface area contributed by atoms with Crippen LogP contribution in [-0.2, 0) is 22.6 Å². The molecule has 0 atom stereocenters. The largest absolute Gasteiger partial charge is 0.507 e. The Morgan fingerprint density at radius 3 is 1.69 bits per heavy atom. The van der Waals surface area contributed by atoms with Gasteiger partial charge in [-0.25, -0.2) is 0 Å². The number of halogens is 2. The summed E-state index contributed by atoms with van der Waals surface area (Å²) in [6.07, 6.45) is 0. The van der Waals surface area contributed by atoms with Crippen molar-refractivity contribution in [1.82, 2.24) is 9.80 Å². The third-order valence-electron chi connectivity index (χ3n) is 4.55. The average molecular weight is 498 g/mol. The van der Waals surface area contributed by atoms with Gasteiger partial charge in [0.1, 0.15) is 11.5 Å². The number of morpholine rings is 2. The first kappa shape index (κ1) is 23.7. The van der Waals surface area contributed by atoms with Gasteiger partial charge in [0.15, 0.2) is 0 Å². The molecule has 2 fully saturated rings. The van der Waals surface area contributed by atoms with Crippen molar-refractivity contribution in [2.24, 2.45) is 0 Å². The SMILES string of the molecule is Br.Br.CCOc1cc(CN2CCOCC2)c(O)c(CN2CCOCC2)c1. The van der Waals surface area contributed by atoms with E-state index in [0.29, 0.717) is 12.4 Å². The number of rotatable bonds is 6. The number of ether oxygens (including phenoxy) is 3. The second-order valence-electron chi connectivity index (χ2n) is 6.30. The number of hydrogen-bond acceptors (Lipinski definition) is 6. The zero-order chi connectivity index (χ0) is 16.8. The molecule has 2 heterocycles. The van der Waals surface area contributed by atoms with E-state index < -0.39 is 0 Å². The van der Waals surface area contributed by atoms with Gasteiger partial charge in [0.25, 0.3) is 0 Å². The molecule has 2 aliphatic rings. The summed E-state index contributed by atoms with van der Waals surface area (Å²) in [5.74, 6) is 1.23. The van der Waals surface area contributed by atoms with Crippen LogP contribution in [-0.4, -0.2) is 74.1 Å². The summed E-state index contributed by atoms with van der Waals surface area (Å²) in [6, 6.07) is 3.94. The molecule has 0 aromatic heterocycles. The van der Waals surface area contributed by atoms with E-state index in [2.05, 4.69) is 9.80 Å². The fourth-order valence-corrected chi connectivity index (χ4v) is 3.22. The molecule has 0 amide bonds. The lowest BCUT2D eigenvalue weighted by Gasteiger charge is -2.29. The first-order valence-electron chi connectivity index (χ1n) is 8.84. The van der Waals surface area contributed by atoms with Gasteiger partial charge in [0.05, 0.1) is 33.0 Å². The maximum atomic E-state index is 10.8. The predicted molar refractivity (Wildman–Crippen MR) is 112 cm³/mol. The molecule has 0 radical (unpaired) electrons. The minimum absolute atomic E-state index is 0. The van der Waals surface area contributed by atoms with Gasteiger partial charge < -0.3 is 19.3 Å². The molecule has 2 aliphatic heterocycles. The topological polar surface area (TPSA) is 54.4 Å². The smallest absolute Gasteiger partial charge is 0.124 e. The molecule has 6 nitrogen and oxygen atoms in total. The lowest BCUT2D eigenvalue weighted by atomic mass is 10.1. The fraction of sp³-hybridized carbons (Fsp3) is 0.667. The second kappa shape index (κ2) is 12.2. The molecule has 1 N–H and O–H groups in total. The molecule has 26 heavy (non-hydrogen) atoms. The molecule has 0 aliphatic carbocycles. The quantitative estimate of drug-likeness (QED) is 0.652.